The Bertz CT molecular complexity index is 931. The van der Waals surface area contributed by atoms with Crippen LogP contribution in [0.25, 0.3) is 11.1 Å². The lowest BCUT2D eigenvalue weighted by Crippen LogP contribution is -2.30. The van der Waals surface area contributed by atoms with Crippen molar-refractivity contribution < 1.29 is 19.4 Å². The van der Waals surface area contributed by atoms with Gasteiger partial charge in [0.05, 0.1) is 7.11 Å². The van der Waals surface area contributed by atoms with Gasteiger partial charge >= 0.3 is 5.97 Å². The van der Waals surface area contributed by atoms with Gasteiger partial charge in [0.25, 0.3) is 0 Å². The van der Waals surface area contributed by atoms with Gasteiger partial charge in [-0.25, -0.2) is 4.79 Å². The Labute approximate surface area is 178 Å². The first kappa shape index (κ1) is 22.8. The average Bonchev–Trinajstić information content (AvgIpc) is 2.60. The Morgan fingerprint density at radius 2 is 1.97 bits per heavy atom. The summed E-state index contributed by atoms with van der Waals surface area (Å²) in [4.78, 5) is 10.7. The molecule has 0 aromatic heterocycles. The van der Waals surface area contributed by atoms with E-state index in [2.05, 4.69) is 26.0 Å². The topological polar surface area (TPSA) is 55.8 Å². The van der Waals surface area contributed by atoms with Crippen LogP contribution in [0, 0.1) is 5.92 Å². The predicted molar refractivity (Wildman–Crippen MR) is 120 cm³/mol. The van der Waals surface area contributed by atoms with E-state index in [0.717, 1.165) is 22.8 Å². The third kappa shape index (κ3) is 5.33. The van der Waals surface area contributed by atoms with Gasteiger partial charge in [-0.3, -0.25) is 0 Å². The molecule has 0 atom stereocenters. The molecule has 0 spiro atoms. The van der Waals surface area contributed by atoms with E-state index >= 15 is 0 Å². The molecule has 0 saturated heterocycles. The number of hydrogen-bond acceptors (Lipinski definition) is 3. The Kier molecular flexibility index (Phi) is 7.02. The zero-order valence-electron chi connectivity index (χ0n) is 18.1. The second-order valence-corrected chi connectivity index (χ2v) is 8.42. The van der Waals surface area contributed by atoms with Gasteiger partial charge < -0.3 is 14.6 Å². The van der Waals surface area contributed by atoms with Crippen molar-refractivity contribution in [3.05, 3.63) is 58.2 Å². The van der Waals surface area contributed by atoms with Crippen LogP contribution in [0.4, 0.5) is 0 Å². The number of halogens is 1. The van der Waals surface area contributed by atoms with E-state index in [1.807, 2.05) is 32.9 Å². The van der Waals surface area contributed by atoms with Gasteiger partial charge in [0.2, 0.25) is 0 Å². The Morgan fingerprint density at radius 3 is 2.52 bits per heavy atom. The van der Waals surface area contributed by atoms with Gasteiger partial charge in [-0.2, -0.15) is 0 Å². The minimum atomic E-state index is -0.966. The second-order valence-electron chi connectivity index (χ2n) is 8.04. The van der Waals surface area contributed by atoms with Crippen molar-refractivity contribution >= 4 is 28.7 Å². The number of rotatable bonds is 6. The lowest BCUT2D eigenvalue weighted by molar-refractivity contribution is -0.131. The summed E-state index contributed by atoms with van der Waals surface area (Å²) < 4.78 is 11.8. The molecule has 156 valence electrons. The number of carboxylic acid groups (broad SMARTS) is 1. The maximum Gasteiger partial charge on any atom is 0.328 e. The molecule has 1 aliphatic rings. The maximum absolute atomic E-state index is 10.7. The fourth-order valence-electron chi connectivity index (χ4n) is 3.32. The largest absolute Gasteiger partial charge is 0.494 e. The molecule has 0 aliphatic carbocycles. The molecule has 0 amide bonds. The summed E-state index contributed by atoms with van der Waals surface area (Å²) in [5.41, 5.74) is 4.17. The van der Waals surface area contributed by atoms with E-state index in [9.17, 15) is 4.79 Å². The van der Waals surface area contributed by atoms with Crippen LogP contribution in [-0.2, 0) is 4.79 Å². The third-order valence-electron chi connectivity index (χ3n) is 4.66. The molecule has 5 heteroatoms. The lowest BCUT2D eigenvalue weighted by atomic mass is 9.86. The molecule has 1 aromatic carbocycles. The summed E-state index contributed by atoms with van der Waals surface area (Å²) in [6.07, 6.45) is 8.78. The van der Waals surface area contributed by atoms with Crippen LogP contribution in [0.2, 0.25) is 5.02 Å². The van der Waals surface area contributed by atoms with Gasteiger partial charge in [0.1, 0.15) is 16.4 Å². The number of carboxylic acids is 1. The molecule has 1 aliphatic heterocycles. The maximum atomic E-state index is 10.7. The molecular weight excluding hydrogens is 388 g/mol. The number of benzene rings is 1. The van der Waals surface area contributed by atoms with Crippen molar-refractivity contribution in [3.63, 3.8) is 0 Å². The first-order valence-electron chi connectivity index (χ1n) is 9.56. The highest BCUT2D eigenvalue weighted by molar-refractivity contribution is 6.34. The quantitative estimate of drug-likeness (QED) is 0.422. The van der Waals surface area contributed by atoms with Gasteiger partial charge in [0.15, 0.2) is 5.75 Å². The van der Waals surface area contributed by atoms with Gasteiger partial charge in [-0.15, -0.1) is 0 Å². The smallest absolute Gasteiger partial charge is 0.328 e. The van der Waals surface area contributed by atoms with E-state index < -0.39 is 11.6 Å². The summed E-state index contributed by atoms with van der Waals surface area (Å²) in [5, 5.41) is 9.27. The molecule has 0 saturated carbocycles. The minimum Gasteiger partial charge on any atom is -0.494 e. The number of ether oxygens (including phenoxy) is 2. The molecule has 29 heavy (non-hydrogen) atoms. The molecule has 0 radical (unpaired) electrons. The summed E-state index contributed by atoms with van der Waals surface area (Å²) in [6, 6.07) is 2.06. The fraction of sp³-hybridized carbons (Fsp3) is 0.375. The van der Waals surface area contributed by atoms with Crippen molar-refractivity contribution in [2.45, 2.75) is 47.1 Å². The molecule has 1 heterocycles. The van der Waals surface area contributed by atoms with Crippen LogP contribution in [-0.4, -0.2) is 23.8 Å². The van der Waals surface area contributed by atoms with Crippen LogP contribution in [0.15, 0.2) is 42.0 Å². The monoisotopic (exact) mass is 416 g/mol. The number of aliphatic carboxylic acids is 1. The van der Waals surface area contributed by atoms with Crippen molar-refractivity contribution in [2.24, 2.45) is 5.92 Å². The van der Waals surface area contributed by atoms with Gasteiger partial charge in [0, 0.05) is 17.2 Å². The highest BCUT2D eigenvalue weighted by atomic mass is 35.5. The van der Waals surface area contributed by atoms with E-state index in [1.165, 1.54) is 5.57 Å². The molecule has 0 unspecified atom stereocenters. The zero-order valence-corrected chi connectivity index (χ0v) is 18.8. The Morgan fingerprint density at radius 1 is 1.31 bits per heavy atom. The lowest BCUT2D eigenvalue weighted by Gasteiger charge is -2.34. The van der Waals surface area contributed by atoms with E-state index in [1.54, 1.807) is 20.1 Å². The van der Waals surface area contributed by atoms with Crippen LogP contribution in [0.3, 0.4) is 0 Å². The number of allylic oxidation sites excluding steroid dienone is 6. The van der Waals surface area contributed by atoms with E-state index in [-0.39, 0.29) is 0 Å². The fourth-order valence-corrected chi connectivity index (χ4v) is 3.64. The van der Waals surface area contributed by atoms with Gasteiger partial charge in [-0.05, 0) is 62.5 Å². The van der Waals surface area contributed by atoms with Crippen LogP contribution >= 0.6 is 11.6 Å². The van der Waals surface area contributed by atoms with E-state index in [4.69, 9.17) is 26.2 Å². The molecule has 0 bridgehead atoms. The summed E-state index contributed by atoms with van der Waals surface area (Å²) in [6.45, 7) is 12.0. The average molecular weight is 417 g/mol. The minimum absolute atomic E-state index is 0.308. The Hall–Kier alpha value is -2.46. The molecule has 1 N–H and O–H groups in total. The highest BCUT2D eigenvalue weighted by Crippen LogP contribution is 2.49. The molecule has 2 rings (SSSR count). The van der Waals surface area contributed by atoms with Gasteiger partial charge in [-0.1, -0.05) is 43.7 Å². The van der Waals surface area contributed by atoms with E-state index in [0.29, 0.717) is 28.0 Å². The number of methoxy groups -OCH3 is 1. The number of carbonyl (C=O) groups is 1. The number of hydrogen-bond donors (Lipinski definition) is 1. The number of fused-ring (bicyclic) bond motifs is 1. The van der Waals surface area contributed by atoms with Crippen molar-refractivity contribution in [1.29, 1.82) is 0 Å². The van der Waals surface area contributed by atoms with Crippen molar-refractivity contribution in [3.8, 4) is 11.5 Å². The summed E-state index contributed by atoms with van der Waals surface area (Å²) in [7, 11) is 1.59. The summed E-state index contributed by atoms with van der Waals surface area (Å²) in [5.74, 6) is 0.548. The van der Waals surface area contributed by atoms with Crippen LogP contribution in [0.5, 0.6) is 11.5 Å². The standard InChI is InChI=1S/C24H29ClO4/c1-14(2)19-13-24(5,6)29-23-18(19)12-17(22(28-7)21(23)25)16(4)10-8-9-15(3)11-20(26)27/h8-14H,1-7H3,(H,26,27). The third-order valence-corrected chi connectivity index (χ3v) is 5.01. The normalized spacial score (nSPS) is 16.5. The first-order valence-corrected chi connectivity index (χ1v) is 9.93. The Balaban J connectivity index is 2.59. The molecular formula is C24H29ClO4. The van der Waals surface area contributed by atoms with Crippen molar-refractivity contribution in [2.75, 3.05) is 7.11 Å². The van der Waals surface area contributed by atoms with Crippen LogP contribution in [0.1, 0.15) is 52.7 Å². The predicted octanol–water partition coefficient (Wildman–Crippen LogP) is 6.55. The van der Waals surface area contributed by atoms with Crippen LogP contribution < -0.4 is 9.47 Å². The highest BCUT2D eigenvalue weighted by Gasteiger charge is 2.32. The second kappa shape index (κ2) is 8.91. The summed E-state index contributed by atoms with van der Waals surface area (Å²) >= 11 is 6.72. The van der Waals surface area contributed by atoms with Crippen molar-refractivity contribution in [1.82, 2.24) is 0 Å². The first-order chi connectivity index (χ1) is 13.5. The molecule has 4 nitrogen and oxygen atoms in total. The molecule has 1 aromatic rings. The zero-order chi connectivity index (χ0) is 21.9. The SMILES string of the molecule is COc1c(C(C)=CC=CC(C)=CC(=O)O)cc2c(c1Cl)OC(C)(C)C=C2C(C)C. The molecule has 0 fully saturated rings.